The molecular formula is C14H20N2O4S. The third kappa shape index (κ3) is 5.02. The molecule has 0 spiro atoms. The minimum atomic E-state index is -0.468. The molecule has 116 valence electrons. The molecule has 1 aromatic carbocycles. The molecule has 0 saturated heterocycles. The van der Waals surface area contributed by atoms with Gasteiger partial charge in [-0.05, 0) is 37.7 Å². The van der Waals surface area contributed by atoms with E-state index in [1.807, 2.05) is 0 Å². The summed E-state index contributed by atoms with van der Waals surface area (Å²) in [5.41, 5.74) is 0.284. The molecule has 0 saturated carbocycles. The smallest absolute Gasteiger partial charge is 0.283 e. The Bertz CT molecular complexity index is 508. The van der Waals surface area contributed by atoms with Crippen LogP contribution in [0.1, 0.15) is 29.6 Å². The minimum absolute atomic E-state index is 0.0398. The van der Waals surface area contributed by atoms with E-state index in [0.717, 1.165) is 19.3 Å². The fraction of sp³-hybridized carbons (Fsp3) is 0.500. The third-order valence-corrected chi connectivity index (χ3v) is 3.91. The summed E-state index contributed by atoms with van der Waals surface area (Å²) in [4.78, 5) is 24.9. The molecule has 0 atom stereocenters. The molecule has 0 aromatic heterocycles. The number of hydrogen-bond donors (Lipinski definition) is 1. The van der Waals surface area contributed by atoms with Gasteiger partial charge in [0.25, 0.3) is 11.6 Å². The van der Waals surface area contributed by atoms with Crippen molar-refractivity contribution in [1.82, 2.24) is 4.90 Å². The lowest BCUT2D eigenvalue weighted by molar-refractivity contribution is -0.387. The zero-order chi connectivity index (χ0) is 15.8. The van der Waals surface area contributed by atoms with E-state index in [2.05, 4.69) is 0 Å². The number of nitro benzene ring substituents is 1. The highest BCUT2D eigenvalue weighted by molar-refractivity contribution is 7.98. The van der Waals surface area contributed by atoms with Gasteiger partial charge in [0.1, 0.15) is 0 Å². The van der Waals surface area contributed by atoms with Crippen molar-refractivity contribution in [2.24, 2.45) is 0 Å². The van der Waals surface area contributed by atoms with E-state index < -0.39 is 4.92 Å². The van der Waals surface area contributed by atoms with Gasteiger partial charge in [-0.3, -0.25) is 14.9 Å². The van der Waals surface area contributed by atoms with Crippen LogP contribution in [0.3, 0.4) is 0 Å². The van der Waals surface area contributed by atoms with Crippen molar-refractivity contribution in [2.45, 2.75) is 24.2 Å². The van der Waals surface area contributed by atoms with Gasteiger partial charge in [0.2, 0.25) is 0 Å². The number of carbonyl (C=O) groups excluding carboxylic acids is 1. The van der Waals surface area contributed by atoms with Crippen molar-refractivity contribution in [3.8, 4) is 0 Å². The lowest BCUT2D eigenvalue weighted by Crippen LogP contribution is -2.27. The number of rotatable bonds is 8. The predicted octanol–water partition coefficient (Wildman–Crippen LogP) is 2.55. The Labute approximate surface area is 128 Å². The summed E-state index contributed by atoms with van der Waals surface area (Å²) in [5, 5.41) is 19.7. The summed E-state index contributed by atoms with van der Waals surface area (Å²) < 4.78 is 0. The van der Waals surface area contributed by atoms with Crippen LogP contribution < -0.4 is 0 Å². The first-order valence-electron chi connectivity index (χ1n) is 6.70. The number of unbranched alkanes of at least 4 members (excludes halogenated alkanes) is 2. The maximum absolute atomic E-state index is 12.2. The molecule has 1 N–H and O–H groups in total. The van der Waals surface area contributed by atoms with Crippen molar-refractivity contribution in [2.75, 3.05) is 26.5 Å². The maximum Gasteiger partial charge on any atom is 0.283 e. The fourth-order valence-corrected chi connectivity index (χ4v) is 2.47. The van der Waals surface area contributed by atoms with Gasteiger partial charge in [-0.25, -0.2) is 0 Å². The molecule has 1 amide bonds. The van der Waals surface area contributed by atoms with Gasteiger partial charge in [0.05, 0.1) is 9.82 Å². The van der Waals surface area contributed by atoms with Crippen molar-refractivity contribution < 1.29 is 14.8 Å². The summed E-state index contributed by atoms with van der Waals surface area (Å²) in [6, 6.07) is 4.55. The van der Waals surface area contributed by atoms with Crippen LogP contribution in [0, 0.1) is 10.1 Å². The standard InChI is InChI=1S/C14H20N2O4S/c1-15(8-4-3-5-9-17)14(18)11-6-7-13(21-2)12(10-11)16(19)20/h6-7,10,17H,3-5,8-9H2,1-2H3. The van der Waals surface area contributed by atoms with Crippen LogP contribution in [-0.2, 0) is 0 Å². The van der Waals surface area contributed by atoms with Crippen LogP contribution in [0.4, 0.5) is 5.69 Å². The van der Waals surface area contributed by atoms with Gasteiger partial charge in [-0.15, -0.1) is 11.8 Å². The zero-order valence-electron chi connectivity index (χ0n) is 12.2. The van der Waals surface area contributed by atoms with E-state index >= 15 is 0 Å². The van der Waals surface area contributed by atoms with Gasteiger partial charge in [-0.1, -0.05) is 0 Å². The maximum atomic E-state index is 12.2. The highest BCUT2D eigenvalue weighted by Crippen LogP contribution is 2.28. The van der Waals surface area contributed by atoms with Crippen molar-refractivity contribution in [3.63, 3.8) is 0 Å². The highest BCUT2D eigenvalue weighted by Gasteiger charge is 2.18. The van der Waals surface area contributed by atoms with E-state index in [1.165, 1.54) is 17.8 Å². The average Bonchev–Trinajstić information content (AvgIpc) is 2.49. The van der Waals surface area contributed by atoms with E-state index in [1.54, 1.807) is 30.3 Å². The molecule has 0 aliphatic rings. The molecule has 0 fully saturated rings. The molecule has 1 aromatic rings. The molecule has 1 rings (SSSR count). The number of hydrogen-bond acceptors (Lipinski definition) is 5. The van der Waals surface area contributed by atoms with Gasteiger partial charge < -0.3 is 10.0 Å². The van der Waals surface area contributed by atoms with Gasteiger partial charge in [0, 0.05) is 31.8 Å². The summed E-state index contributed by atoms with van der Waals surface area (Å²) in [6.07, 6.45) is 4.13. The summed E-state index contributed by atoms with van der Waals surface area (Å²) in [7, 11) is 1.68. The normalized spacial score (nSPS) is 10.4. The lowest BCUT2D eigenvalue weighted by atomic mass is 10.1. The number of aliphatic hydroxyl groups excluding tert-OH is 1. The van der Waals surface area contributed by atoms with Crippen LogP contribution in [0.25, 0.3) is 0 Å². The van der Waals surface area contributed by atoms with E-state index in [9.17, 15) is 14.9 Å². The SMILES string of the molecule is CSc1ccc(C(=O)N(C)CCCCCO)cc1[N+](=O)[O-]. The van der Waals surface area contributed by atoms with Crippen molar-refractivity contribution in [1.29, 1.82) is 0 Å². The van der Waals surface area contributed by atoms with E-state index in [4.69, 9.17) is 5.11 Å². The highest BCUT2D eigenvalue weighted by atomic mass is 32.2. The number of benzene rings is 1. The zero-order valence-corrected chi connectivity index (χ0v) is 13.1. The van der Waals surface area contributed by atoms with Crippen LogP contribution in [-0.4, -0.2) is 47.3 Å². The number of aliphatic hydroxyl groups is 1. The summed E-state index contributed by atoms with van der Waals surface area (Å²) >= 11 is 1.28. The number of nitrogens with zero attached hydrogens (tertiary/aromatic N) is 2. The fourth-order valence-electron chi connectivity index (χ4n) is 1.93. The van der Waals surface area contributed by atoms with Gasteiger partial charge >= 0.3 is 0 Å². The lowest BCUT2D eigenvalue weighted by Gasteiger charge is -2.17. The molecule has 0 aliphatic carbocycles. The molecular weight excluding hydrogens is 292 g/mol. The molecule has 0 bridgehead atoms. The molecule has 0 heterocycles. The van der Waals surface area contributed by atoms with Gasteiger partial charge in [-0.2, -0.15) is 0 Å². The van der Waals surface area contributed by atoms with Crippen molar-refractivity contribution >= 4 is 23.4 Å². The second kappa shape index (κ2) is 8.63. The second-order valence-electron chi connectivity index (χ2n) is 4.65. The predicted molar refractivity (Wildman–Crippen MR) is 82.8 cm³/mol. The first kappa shape index (κ1) is 17.5. The van der Waals surface area contributed by atoms with Crippen LogP contribution >= 0.6 is 11.8 Å². The molecule has 6 nitrogen and oxygen atoms in total. The monoisotopic (exact) mass is 312 g/mol. The Morgan fingerprint density at radius 1 is 1.38 bits per heavy atom. The van der Waals surface area contributed by atoms with Crippen LogP contribution in [0.15, 0.2) is 23.1 Å². The molecule has 0 unspecified atom stereocenters. The second-order valence-corrected chi connectivity index (χ2v) is 5.50. The Balaban J connectivity index is 2.77. The average molecular weight is 312 g/mol. The number of thioether (sulfide) groups is 1. The largest absolute Gasteiger partial charge is 0.396 e. The van der Waals surface area contributed by atoms with E-state index in [0.29, 0.717) is 17.0 Å². The molecule has 7 heteroatoms. The third-order valence-electron chi connectivity index (χ3n) is 3.12. The topological polar surface area (TPSA) is 83.7 Å². The Kier molecular flexibility index (Phi) is 7.18. The van der Waals surface area contributed by atoms with Crippen LogP contribution in [0.5, 0.6) is 0 Å². The van der Waals surface area contributed by atoms with Gasteiger partial charge in [0.15, 0.2) is 0 Å². The van der Waals surface area contributed by atoms with Crippen molar-refractivity contribution in [3.05, 3.63) is 33.9 Å². The first-order chi connectivity index (χ1) is 10.0. The minimum Gasteiger partial charge on any atom is -0.396 e. The Morgan fingerprint density at radius 2 is 2.10 bits per heavy atom. The summed E-state index contributed by atoms with van der Waals surface area (Å²) in [5.74, 6) is -0.227. The Morgan fingerprint density at radius 3 is 2.67 bits per heavy atom. The number of amides is 1. The molecule has 0 aliphatic heterocycles. The quantitative estimate of drug-likeness (QED) is 0.345. The number of carbonyl (C=O) groups is 1. The molecule has 0 radical (unpaired) electrons. The van der Waals surface area contributed by atoms with Crippen LogP contribution in [0.2, 0.25) is 0 Å². The Hall–Kier alpha value is -1.60. The first-order valence-corrected chi connectivity index (χ1v) is 7.92. The number of nitro groups is 1. The molecule has 21 heavy (non-hydrogen) atoms. The van der Waals surface area contributed by atoms with E-state index in [-0.39, 0.29) is 18.2 Å². The summed E-state index contributed by atoms with van der Waals surface area (Å²) in [6.45, 7) is 0.719.